The first-order chi connectivity index (χ1) is 13.1. The third-order valence-corrected chi connectivity index (χ3v) is 5.21. The molecule has 0 spiro atoms. The van der Waals surface area contributed by atoms with Crippen molar-refractivity contribution in [3.8, 4) is 11.5 Å². The lowest BCUT2D eigenvalue weighted by Crippen LogP contribution is -2.45. The summed E-state index contributed by atoms with van der Waals surface area (Å²) in [5.74, 6) is 1.31. The van der Waals surface area contributed by atoms with E-state index in [0.717, 1.165) is 43.4 Å². The molecule has 8 heteroatoms. The average molecular weight is 373 g/mol. The summed E-state index contributed by atoms with van der Waals surface area (Å²) in [6, 6.07) is 7.24. The number of aromatic nitrogens is 1. The molecule has 1 saturated heterocycles. The number of piperidine rings is 1. The zero-order valence-electron chi connectivity index (χ0n) is 15.0. The zero-order valence-corrected chi connectivity index (χ0v) is 15.0. The van der Waals surface area contributed by atoms with Gasteiger partial charge in [0, 0.05) is 43.7 Å². The highest BCUT2D eigenvalue weighted by Gasteiger charge is 2.22. The molecule has 0 bridgehead atoms. The number of ether oxygens (including phenoxy) is 2. The van der Waals surface area contributed by atoms with Gasteiger partial charge in [-0.05, 0) is 31.0 Å². The Morgan fingerprint density at radius 2 is 1.85 bits per heavy atom. The third kappa shape index (κ3) is 3.71. The summed E-state index contributed by atoms with van der Waals surface area (Å²) in [6.45, 7) is 3.87. The van der Waals surface area contributed by atoms with Crippen LogP contribution in [0, 0.1) is 0 Å². The Labute approximate surface area is 156 Å². The zero-order chi connectivity index (χ0) is 18.8. The average Bonchev–Trinajstić information content (AvgIpc) is 2.67. The summed E-state index contributed by atoms with van der Waals surface area (Å²) in [6.07, 6.45) is 0.592. The fourth-order valence-corrected chi connectivity index (χ4v) is 3.83. The third-order valence-electron chi connectivity index (χ3n) is 5.21. The molecule has 2 aliphatic rings. The van der Waals surface area contributed by atoms with Crippen LogP contribution in [-0.4, -0.2) is 59.6 Å². The molecule has 0 aliphatic carbocycles. The van der Waals surface area contributed by atoms with Gasteiger partial charge in [0.25, 0.3) is 5.56 Å². The highest BCUT2D eigenvalue weighted by Crippen LogP contribution is 2.36. The number of fused-ring (bicyclic) bond motifs is 3. The van der Waals surface area contributed by atoms with Crippen LogP contribution in [0.5, 0.6) is 11.5 Å². The molecule has 4 rings (SSSR count). The predicted molar refractivity (Wildman–Crippen MR) is 99.8 cm³/mol. The van der Waals surface area contributed by atoms with Crippen molar-refractivity contribution in [2.75, 3.05) is 32.8 Å². The van der Waals surface area contributed by atoms with Gasteiger partial charge in [-0.3, -0.25) is 4.79 Å². The van der Waals surface area contributed by atoms with Crippen molar-refractivity contribution < 1.29 is 19.4 Å². The lowest BCUT2D eigenvalue weighted by atomic mass is 10.1. The fraction of sp³-hybridized carbons (Fsp3) is 0.474. The monoisotopic (exact) mass is 373 g/mol. The highest BCUT2D eigenvalue weighted by atomic mass is 16.6. The second-order valence-corrected chi connectivity index (χ2v) is 6.92. The van der Waals surface area contributed by atoms with Crippen molar-refractivity contribution in [1.82, 2.24) is 14.8 Å². The van der Waals surface area contributed by atoms with Crippen LogP contribution >= 0.6 is 0 Å². The molecule has 8 nitrogen and oxygen atoms in total. The van der Waals surface area contributed by atoms with Crippen molar-refractivity contribution in [3.63, 3.8) is 0 Å². The molecule has 2 N–H and O–H groups in total. The van der Waals surface area contributed by atoms with Gasteiger partial charge >= 0.3 is 6.09 Å². The van der Waals surface area contributed by atoms with Crippen LogP contribution in [0.25, 0.3) is 10.9 Å². The van der Waals surface area contributed by atoms with Crippen LogP contribution in [0.1, 0.15) is 12.8 Å². The molecule has 0 unspecified atom stereocenters. The van der Waals surface area contributed by atoms with Gasteiger partial charge < -0.3 is 29.4 Å². The number of nitrogens with zero attached hydrogens (tertiary/aromatic N) is 2. The maximum Gasteiger partial charge on any atom is 0.404 e. The molecule has 0 radical (unpaired) electrons. The largest absolute Gasteiger partial charge is 0.486 e. The van der Waals surface area contributed by atoms with Crippen molar-refractivity contribution in [2.45, 2.75) is 25.4 Å². The number of hydrogen-bond donors (Lipinski definition) is 2. The molecule has 3 heterocycles. The Hall–Kier alpha value is -2.74. The van der Waals surface area contributed by atoms with E-state index in [-0.39, 0.29) is 11.6 Å². The van der Waals surface area contributed by atoms with E-state index in [1.165, 1.54) is 0 Å². The second-order valence-electron chi connectivity index (χ2n) is 6.92. The Morgan fingerprint density at radius 1 is 1.11 bits per heavy atom. The van der Waals surface area contributed by atoms with Gasteiger partial charge in [-0.25, -0.2) is 4.79 Å². The molecule has 2 aliphatic heterocycles. The maximum absolute atomic E-state index is 12.5. The smallest absolute Gasteiger partial charge is 0.404 e. The number of rotatable bonds is 4. The van der Waals surface area contributed by atoms with Gasteiger partial charge in [-0.2, -0.15) is 0 Å². The second kappa shape index (κ2) is 7.48. The van der Waals surface area contributed by atoms with Crippen LogP contribution in [0.4, 0.5) is 4.79 Å². The van der Waals surface area contributed by atoms with Gasteiger partial charge in [0.15, 0.2) is 11.5 Å². The van der Waals surface area contributed by atoms with Crippen LogP contribution < -0.4 is 20.3 Å². The number of hydrogen-bond acceptors (Lipinski definition) is 5. The molecular weight excluding hydrogens is 350 g/mol. The number of carboxylic acid groups (broad SMARTS) is 1. The summed E-state index contributed by atoms with van der Waals surface area (Å²) in [5.41, 5.74) is 0.717. The van der Waals surface area contributed by atoms with E-state index in [1.807, 2.05) is 18.2 Å². The molecule has 1 fully saturated rings. The number of amides is 1. The first kappa shape index (κ1) is 17.7. The fourth-order valence-electron chi connectivity index (χ4n) is 3.83. The Bertz CT molecular complexity index is 902. The lowest BCUT2D eigenvalue weighted by molar-refractivity contribution is 0.165. The van der Waals surface area contributed by atoms with E-state index in [0.29, 0.717) is 31.3 Å². The number of benzene rings is 1. The van der Waals surface area contributed by atoms with Gasteiger partial charge in [-0.15, -0.1) is 0 Å². The normalized spacial score (nSPS) is 17.8. The Kier molecular flexibility index (Phi) is 4.89. The van der Waals surface area contributed by atoms with Crippen LogP contribution in [0.15, 0.2) is 29.1 Å². The summed E-state index contributed by atoms with van der Waals surface area (Å²) in [7, 11) is 0. The SMILES string of the molecule is O=C(O)NC1CCN(CCn2c(=O)ccc3ccc4c(c32)OCCO4)CC1. The maximum atomic E-state index is 12.5. The summed E-state index contributed by atoms with van der Waals surface area (Å²) in [5, 5.41) is 12.3. The lowest BCUT2D eigenvalue weighted by Gasteiger charge is -2.32. The van der Waals surface area contributed by atoms with Crippen molar-refractivity contribution >= 4 is 17.0 Å². The molecule has 144 valence electrons. The quantitative estimate of drug-likeness (QED) is 0.844. The van der Waals surface area contributed by atoms with Crippen LogP contribution in [0.3, 0.4) is 0 Å². The van der Waals surface area contributed by atoms with E-state index in [9.17, 15) is 9.59 Å². The number of nitrogens with one attached hydrogen (secondary N) is 1. The number of carbonyl (C=O) groups is 1. The van der Waals surface area contributed by atoms with Crippen molar-refractivity contribution in [3.05, 3.63) is 34.6 Å². The summed E-state index contributed by atoms with van der Waals surface area (Å²) in [4.78, 5) is 25.6. The molecule has 0 atom stereocenters. The minimum atomic E-state index is -0.970. The predicted octanol–water partition coefficient (Wildman–Crippen LogP) is 1.50. The van der Waals surface area contributed by atoms with E-state index in [2.05, 4.69) is 10.2 Å². The summed E-state index contributed by atoms with van der Waals surface area (Å²) >= 11 is 0. The Balaban J connectivity index is 1.52. The van der Waals surface area contributed by atoms with E-state index < -0.39 is 6.09 Å². The van der Waals surface area contributed by atoms with Gasteiger partial charge in [-0.1, -0.05) is 0 Å². The highest BCUT2D eigenvalue weighted by molar-refractivity contribution is 5.87. The van der Waals surface area contributed by atoms with Crippen molar-refractivity contribution in [2.24, 2.45) is 0 Å². The minimum Gasteiger partial charge on any atom is -0.486 e. The molecule has 1 aromatic heterocycles. The van der Waals surface area contributed by atoms with Crippen LogP contribution in [-0.2, 0) is 6.54 Å². The van der Waals surface area contributed by atoms with E-state index >= 15 is 0 Å². The van der Waals surface area contributed by atoms with E-state index in [4.69, 9.17) is 14.6 Å². The first-order valence-electron chi connectivity index (χ1n) is 9.26. The molecule has 1 aromatic carbocycles. The van der Waals surface area contributed by atoms with Crippen molar-refractivity contribution in [1.29, 1.82) is 0 Å². The molecule has 0 saturated carbocycles. The topological polar surface area (TPSA) is 93.0 Å². The molecule has 27 heavy (non-hydrogen) atoms. The van der Waals surface area contributed by atoms with Gasteiger partial charge in [0.05, 0.1) is 5.52 Å². The van der Waals surface area contributed by atoms with Crippen LogP contribution in [0.2, 0.25) is 0 Å². The number of pyridine rings is 1. The number of likely N-dealkylation sites (tertiary alicyclic amines) is 1. The van der Waals surface area contributed by atoms with E-state index in [1.54, 1.807) is 10.6 Å². The molecule has 2 aromatic rings. The Morgan fingerprint density at radius 3 is 2.63 bits per heavy atom. The molecule has 1 amide bonds. The molecular formula is C19H23N3O5. The summed E-state index contributed by atoms with van der Waals surface area (Å²) < 4.78 is 13.2. The van der Waals surface area contributed by atoms with Gasteiger partial charge in [0.1, 0.15) is 13.2 Å². The minimum absolute atomic E-state index is 0.0107. The first-order valence-corrected chi connectivity index (χ1v) is 9.26. The standard InChI is InChI=1S/C19H23N3O5/c23-16-4-2-13-1-3-15-18(27-12-11-26-15)17(13)22(16)10-9-21-7-5-14(6-8-21)20-19(24)25/h1-4,14,20H,5-12H2,(H,24,25). The van der Waals surface area contributed by atoms with Gasteiger partial charge in [0.2, 0.25) is 0 Å².